The number of hydrogen-bond acceptors (Lipinski definition) is 1. The highest BCUT2D eigenvalue weighted by atomic mass is 79.9. The van der Waals surface area contributed by atoms with Crippen LogP contribution >= 0.6 is 15.9 Å². The van der Waals surface area contributed by atoms with Crippen molar-refractivity contribution in [1.82, 2.24) is 4.98 Å². The minimum absolute atomic E-state index is 1.10. The molecule has 28 heavy (non-hydrogen) atoms. The van der Waals surface area contributed by atoms with Crippen LogP contribution in [0.2, 0.25) is 0 Å². The molecule has 1 aliphatic carbocycles. The third kappa shape index (κ3) is 2.41. The highest BCUT2D eigenvalue weighted by molar-refractivity contribution is 9.10. The number of fused-ring (bicyclic) bond motifs is 6. The second kappa shape index (κ2) is 6.15. The largest absolute Gasteiger partial charge is 0.247 e. The number of pyridine rings is 1. The molecule has 6 rings (SSSR count). The third-order valence-electron chi connectivity index (χ3n) is 6.00. The Hall–Kier alpha value is -2.71. The summed E-state index contributed by atoms with van der Waals surface area (Å²) in [5.41, 5.74) is 6.40. The molecular formula is C26H18BrN. The van der Waals surface area contributed by atoms with Crippen LogP contribution in [0.25, 0.3) is 43.7 Å². The maximum absolute atomic E-state index is 5.17. The van der Waals surface area contributed by atoms with Crippen molar-refractivity contribution in [3.05, 3.63) is 88.4 Å². The van der Waals surface area contributed by atoms with Crippen molar-refractivity contribution in [3.63, 3.8) is 0 Å². The Kier molecular flexibility index (Phi) is 3.57. The fraction of sp³-hybridized carbons (Fsp3) is 0.115. The molecule has 1 heterocycles. The zero-order valence-corrected chi connectivity index (χ0v) is 17.0. The van der Waals surface area contributed by atoms with E-state index >= 15 is 0 Å². The summed E-state index contributed by atoms with van der Waals surface area (Å²) in [7, 11) is 0. The number of hydrogen-bond donors (Lipinski definition) is 0. The van der Waals surface area contributed by atoms with Crippen LogP contribution in [0.1, 0.15) is 17.5 Å². The first kappa shape index (κ1) is 16.3. The van der Waals surface area contributed by atoms with E-state index in [1.165, 1.54) is 50.0 Å². The Labute approximate surface area is 172 Å². The van der Waals surface area contributed by atoms with Gasteiger partial charge in [0.1, 0.15) is 0 Å². The summed E-state index contributed by atoms with van der Waals surface area (Å²) in [6.45, 7) is 0. The first-order valence-electron chi connectivity index (χ1n) is 9.81. The van der Waals surface area contributed by atoms with Gasteiger partial charge in [0.2, 0.25) is 0 Å². The van der Waals surface area contributed by atoms with E-state index in [0.29, 0.717) is 0 Å². The lowest BCUT2D eigenvalue weighted by Gasteiger charge is -2.14. The fourth-order valence-corrected chi connectivity index (χ4v) is 5.16. The van der Waals surface area contributed by atoms with Gasteiger partial charge in [-0.05, 0) is 82.3 Å². The number of halogens is 1. The number of nitrogens with zero attached hydrogens (tertiary/aromatic N) is 1. The number of rotatable bonds is 1. The van der Waals surface area contributed by atoms with E-state index in [4.69, 9.17) is 4.98 Å². The average Bonchev–Trinajstić information content (AvgIpc) is 3.21. The molecule has 134 valence electrons. The molecule has 0 saturated heterocycles. The Morgan fingerprint density at radius 1 is 0.714 bits per heavy atom. The molecule has 0 saturated carbocycles. The summed E-state index contributed by atoms with van der Waals surface area (Å²) in [6.07, 6.45) is 3.46. The summed E-state index contributed by atoms with van der Waals surface area (Å²) in [4.78, 5) is 5.17. The van der Waals surface area contributed by atoms with E-state index in [0.717, 1.165) is 28.5 Å². The van der Waals surface area contributed by atoms with Crippen molar-refractivity contribution in [1.29, 1.82) is 0 Å². The van der Waals surface area contributed by atoms with Gasteiger partial charge in [-0.3, -0.25) is 0 Å². The molecule has 0 unspecified atom stereocenters. The van der Waals surface area contributed by atoms with Crippen LogP contribution in [0.5, 0.6) is 0 Å². The molecule has 2 heteroatoms. The van der Waals surface area contributed by atoms with Crippen molar-refractivity contribution >= 4 is 48.4 Å². The van der Waals surface area contributed by atoms with Crippen molar-refractivity contribution in [2.24, 2.45) is 0 Å². The molecule has 0 amide bonds. The Bertz CT molecular complexity index is 1400. The van der Waals surface area contributed by atoms with Gasteiger partial charge in [-0.25, -0.2) is 4.98 Å². The van der Waals surface area contributed by atoms with Crippen LogP contribution in [0, 0.1) is 0 Å². The fourth-order valence-electron chi connectivity index (χ4n) is 4.76. The molecule has 0 fully saturated rings. The van der Waals surface area contributed by atoms with E-state index in [-0.39, 0.29) is 0 Å². The lowest BCUT2D eigenvalue weighted by molar-refractivity contribution is 0.913. The lowest BCUT2D eigenvalue weighted by atomic mass is 9.94. The van der Waals surface area contributed by atoms with Crippen LogP contribution in [0.3, 0.4) is 0 Å². The van der Waals surface area contributed by atoms with Gasteiger partial charge in [-0.2, -0.15) is 0 Å². The van der Waals surface area contributed by atoms with Crippen molar-refractivity contribution in [2.45, 2.75) is 19.3 Å². The lowest BCUT2D eigenvalue weighted by Crippen LogP contribution is -1.96. The predicted molar refractivity (Wildman–Crippen MR) is 122 cm³/mol. The van der Waals surface area contributed by atoms with Crippen molar-refractivity contribution in [2.75, 3.05) is 0 Å². The van der Waals surface area contributed by atoms with Gasteiger partial charge in [0.15, 0.2) is 0 Å². The smallest absolute Gasteiger partial charge is 0.0744 e. The van der Waals surface area contributed by atoms with E-state index in [1.807, 2.05) is 0 Å². The molecule has 1 aromatic heterocycles. The topological polar surface area (TPSA) is 12.9 Å². The molecule has 0 atom stereocenters. The zero-order valence-electron chi connectivity index (χ0n) is 15.4. The molecule has 4 aromatic carbocycles. The summed E-state index contributed by atoms with van der Waals surface area (Å²) in [5, 5.41) is 6.59. The van der Waals surface area contributed by atoms with Gasteiger partial charge in [-0.15, -0.1) is 0 Å². The van der Waals surface area contributed by atoms with Crippen molar-refractivity contribution in [3.8, 4) is 11.3 Å². The van der Waals surface area contributed by atoms with Crippen LogP contribution in [-0.4, -0.2) is 4.98 Å². The van der Waals surface area contributed by atoms with Gasteiger partial charge in [0, 0.05) is 15.4 Å². The molecule has 1 nitrogen and oxygen atoms in total. The monoisotopic (exact) mass is 423 g/mol. The molecular weight excluding hydrogens is 406 g/mol. The maximum Gasteiger partial charge on any atom is 0.0744 e. The van der Waals surface area contributed by atoms with Gasteiger partial charge in [0.25, 0.3) is 0 Å². The average molecular weight is 424 g/mol. The van der Waals surface area contributed by atoms with Crippen LogP contribution in [0.15, 0.2) is 77.3 Å². The van der Waals surface area contributed by atoms with Crippen molar-refractivity contribution < 1.29 is 0 Å². The van der Waals surface area contributed by atoms with E-state index in [1.54, 1.807) is 0 Å². The molecule has 0 N–H and O–H groups in total. The quantitative estimate of drug-likeness (QED) is 0.201. The highest BCUT2D eigenvalue weighted by Gasteiger charge is 2.22. The first-order valence-corrected chi connectivity index (χ1v) is 10.6. The number of aromatic nitrogens is 1. The molecule has 0 aliphatic heterocycles. The number of benzene rings is 4. The summed E-state index contributed by atoms with van der Waals surface area (Å²) in [6, 6.07) is 26.2. The second-order valence-corrected chi connectivity index (χ2v) is 8.58. The van der Waals surface area contributed by atoms with Gasteiger partial charge in [-0.1, -0.05) is 58.4 Å². The van der Waals surface area contributed by atoms with Crippen LogP contribution in [-0.2, 0) is 12.8 Å². The molecule has 5 aromatic rings. The third-order valence-corrected chi connectivity index (χ3v) is 6.49. The van der Waals surface area contributed by atoms with E-state index in [2.05, 4.69) is 88.7 Å². The van der Waals surface area contributed by atoms with Gasteiger partial charge >= 0.3 is 0 Å². The van der Waals surface area contributed by atoms with Crippen LogP contribution < -0.4 is 0 Å². The van der Waals surface area contributed by atoms with E-state index in [9.17, 15) is 0 Å². The zero-order chi connectivity index (χ0) is 18.7. The minimum Gasteiger partial charge on any atom is -0.247 e. The minimum atomic E-state index is 1.10. The van der Waals surface area contributed by atoms with Gasteiger partial charge in [0.05, 0.1) is 11.2 Å². The predicted octanol–water partition coefficient (Wildman–Crippen LogP) is 7.46. The Morgan fingerprint density at radius 3 is 2.39 bits per heavy atom. The maximum atomic E-state index is 5.17. The van der Waals surface area contributed by atoms with Crippen LogP contribution in [0.4, 0.5) is 0 Å². The van der Waals surface area contributed by atoms with Gasteiger partial charge < -0.3 is 0 Å². The molecule has 0 bridgehead atoms. The second-order valence-electron chi connectivity index (χ2n) is 7.66. The Balaban J connectivity index is 1.73. The highest BCUT2D eigenvalue weighted by Crippen LogP contribution is 2.40. The summed E-state index contributed by atoms with van der Waals surface area (Å²) < 4.78 is 1.10. The molecule has 0 radical (unpaired) electrons. The Morgan fingerprint density at radius 2 is 1.54 bits per heavy atom. The molecule has 1 aliphatic rings. The first-order chi connectivity index (χ1) is 13.8. The standard InChI is InChI=1S/C26H18BrN/c27-20-8-3-7-19(14-20)26-22-10-4-9-21(22)25-23-15-17-6-2-1-5-16(17)13-18(23)11-12-24(25)28-26/h1-3,5-8,11-15H,4,9-10H2. The SMILES string of the molecule is Brc1cccc(-c2nc3ccc4cc5ccccc5cc4c3c3c2CCC3)c1. The van der Waals surface area contributed by atoms with E-state index < -0.39 is 0 Å². The number of aryl methyl sites for hydroxylation is 1. The summed E-state index contributed by atoms with van der Waals surface area (Å²) >= 11 is 3.62. The molecule has 0 spiro atoms. The summed E-state index contributed by atoms with van der Waals surface area (Å²) in [5.74, 6) is 0. The normalized spacial score (nSPS) is 13.5.